The average molecular weight is 439 g/mol. The van der Waals surface area contributed by atoms with Crippen LogP contribution in [0.25, 0.3) is 21.7 Å². The highest BCUT2D eigenvalue weighted by molar-refractivity contribution is 7.71. The van der Waals surface area contributed by atoms with Gasteiger partial charge in [-0.3, -0.25) is 0 Å². The average Bonchev–Trinajstić information content (AvgIpc) is 2.80. The molecule has 166 valence electrons. The van der Waals surface area contributed by atoms with Crippen LogP contribution in [0.15, 0.2) is 34.7 Å². The summed E-state index contributed by atoms with van der Waals surface area (Å²) in [5.41, 5.74) is 2.39. The van der Waals surface area contributed by atoms with E-state index in [4.69, 9.17) is 16.6 Å². The van der Waals surface area contributed by atoms with E-state index in [0.717, 1.165) is 46.9 Å². The van der Waals surface area contributed by atoms with Crippen LogP contribution >= 0.6 is 12.2 Å². The molecule has 0 radical (unpaired) electrons. The molecule has 3 aromatic rings. The summed E-state index contributed by atoms with van der Waals surface area (Å²) in [6.07, 6.45) is 13.4. The lowest BCUT2D eigenvalue weighted by molar-refractivity contribution is 0.303. The minimum absolute atomic E-state index is 0.246. The molecule has 1 nitrogen and oxygen atoms in total. The van der Waals surface area contributed by atoms with Gasteiger partial charge in [-0.25, -0.2) is 4.39 Å². The molecule has 1 heterocycles. The van der Waals surface area contributed by atoms with Crippen molar-refractivity contribution in [3.8, 4) is 0 Å². The van der Waals surface area contributed by atoms with Gasteiger partial charge in [0.25, 0.3) is 0 Å². The van der Waals surface area contributed by atoms with E-state index in [0.29, 0.717) is 16.2 Å². The van der Waals surface area contributed by atoms with Crippen molar-refractivity contribution in [3.05, 3.63) is 52.0 Å². The highest BCUT2D eigenvalue weighted by Crippen LogP contribution is 2.39. The summed E-state index contributed by atoms with van der Waals surface area (Å²) in [5.74, 6) is 1.26. The molecule has 0 spiro atoms. The van der Waals surface area contributed by atoms with Crippen LogP contribution in [-0.4, -0.2) is 0 Å². The molecule has 1 aliphatic rings. The van der Waals surface area contributed by atoms with Gasteiger partial charge in [0.15, 0.2) is 16.1 Å². The van der Waals surface area contributed by atoms with E-state index in [9.17, 15) is 0 Å². The van der Waals surface area contributed by atoms with Crippen molar-refractivity contribution in [1.29, 1.82) is 0 Å². The number of aryl methyl sites for hydroxylation is 1. The third kappa shape index (κ3) is 4.87. The lowest BCUT2D eigenvalue weighted by atomic mass is 9.77. The summed E-state index contributed by atoms with van der Waals surface area (Å²) >= 11 is 5.58. The molecule has 1 fully saturated rings. The largest absolute Gasteiger partial charge is 0.441 e. The fourth-order valence-electron chi connectivity index (χ4n) is 5.30. The molecule has 1 saturated carbocycles. The molecule has 1 aliphatic carbocycles. The first kappa shape index (κ1) is 22.5. The Bertz CT molecular complexity index is 1090. The number of rotatable bonds is 8. The Hall–Kier alpha value is -1.74. The number of benzene rings is 2. The monoisotopic (exact) mass is 438 g/mol. The summed E-state index contributed by atoms with van der Waals surface area (Å²) in [6.45, 7) is 4.40. The quantitative estimate of drug-likeness (QED) is 0.197. The van der Waals surface area contributed by atoms with Crippen LogP contribution < -0.4 is 0 Å². The van der Waals surface area contributed by atoms with Crippen molar-refractivity contribution in [1.82, 2.24) is 0 Å². The van der Waals surface area contributed by atoms with Crippen molar-refractivity contribution < 1.29 is 8.81 Å². The molecule has 0 bridgehead atoms. The fraction of sp³-hybridized carbons (Fsp3) is 0.536. The molecule has 0 saturated heterocycles. The summed E-state index contributed by atoms with van der Waals surface area (Å²) in [6, 6.07) is 10.5. The predicted molar refractivity (Wildman–Crippen MR) is 132 cm³/mol. The lowest BCUT2D eigenvalue weighted by Gasteiger charge is -2.29. The van der Waals surface area contributed by atoms with Crippen molar-refractivity contribution >= 4 is 34.0 Å². The van der Waals surface area contributed by atoms with Gasteiger partial charge in [0.1, 0.15) is 0 Å². The van der Waals surface area contributed by atoms with Gasteiger partial charge < -0.3 is 4.42 Å². The summed E-state index contributed by atoms with van der Waals surface area (Å²) in [4.78, 5) is 0. The normalized spacial score (nSPS) is 19.3. The van der Waals surface area contributed by atoms with Gasteiger partial charge in [0.2, 0.25) is 0 Å². The number of unbranched alkanes of at least 4 members (excludes halogenated alkanes) is 3. The second-order valence-electron chi connectivity index (χ2n) is 9.43. The van der Waals surface area contributed by atoms with Gasteiger partial charge in [-0.15, -0.1) is 0 Å². The van der Waals surface area contributed by atoms with Gasteiger partial charge in [-0.2, -0.15) is 0 Å². The SMILES string of the molecule is CCCCCC1CCC(c2ccc3c(c2)c(=S)oc2c(F)c(CCCC)ccc23)CC1. The number of hydrogen-bond acceptors (Lipinski definition) is 2. The van der Waals surface area contributed by atoms with Gasteiger partial charge in [0.05, 0.1) is 0 Å². The Morgan fingerprint density at radius 1 is 0.903 bits per heavy atom. The third-order valence-corrected chi connectivity index (χ3v) is 7.56. The van der Waals surface area contributed by atoms with Crippen LogP contribution in [0, 0.1) is 16.4 Å². The molecule has 2 aromatic carbocycles. The van der Waals surface area contributed by atoms with E-state index in [2.05, 4.69) is 32.0 Å². The predicted octanol–water partition coefficient (Wildman–Crippen LogP) is 9.65. The minimum atomic E-state index is -0.246. The molecule has 0 amide bonds. The van der Waals surface area contributed by atoms with E-state index in [1.807, 2.05) is 12.1 Å². The number of fused-ring (bicyclic) bond motifs is 3. The third-order valence-electron chi connectivity index (χ3n) is 7.26. The summed E-state index contributed by atoms with van der Waals surface area (Å²) in [5, 5.41) is 2.78. The van der Waals surface area contributed by atoms with E-state index < -0.39 is 0 Å². The Labute approximate surface area is 191 Å². The molecule has 0 unspecified atom stereocenters. The maximum Gasteiger partial charge on any atom is 0.198 e. The number of halogens is 1. The highest BCUT2D eigenvalue weighted by atomic mass is 32.1. The standard InChI is InChI=1S/C28H35FOS/c1-3-5-7-8-19-10-12-20(13-11-19)22-15-16-23-24-17-14-21(9-6-4-2)26(29)27(24)30-28(31)25(23)18-22/h14-20H,3-13H2,1-2H3. The van der Waals surface area contributed by atoms with Crippen molar-refractivity contribution in [2.75, 3.05) is 0 Å². The smallest absolute Gasteiger partial charge is 0.198 e. The fourth-order valence-corrected chi connectivity index (χ4v) is 5.56. The molecule has 0 atom stereocenters. The maximum absolute atomic E-state index is 15.1. The Kier molecular flexibility index (Phi) is 7.43. The molecule has 1 aromatic heterocycles. The van der Waals surface area contributed by atoms with Crippen LogP contribution in [0.4, 0.5) is 4.39 Å². The molecule has 4 rings (SSSR count). The zero-order chi connectivity index (χ0) is 21.8. The molecule has 31 heavy (non-hydrogen) atoms. The van der Waals surface area contributed by atoms with E-state index in [1.54, 1.807) is 0 Å². The molecule has 3 heteroatoms. The molecule has 0 N–H and O–H groups in total. The first-order valence-electron chi connectivity index (χ1n) is 12.3. The van der Waals surface area contributed by atoms with Gasteiger partial charge in [-0.1, -0.05) is 70.2 Å². The second kappa shape index (κ2) is 10.3. The molecular weight excluding hydrogens is 403 g/mol. The zero-order valence-electron chi connectivity index (χ0n) is 19.0. The Balaban J connectivity index is 1.59. The topological polar surface area (TPSA) is 13.1 Å². The van der Waals surface area contributed by atoms with Crippen molar-refractivity contribution in [2.24, 2.45) is 5.92 Å². The van der Waals surface area contributed by atoms with Gasteiger partial charge in [-0.05, 0) is 85.2 Å². The van der Waals surface area contributed by atoms with E-state index in [-0.39, 0.29) is 5.82 Å². The first-order valence-corrected chi connectivity index (χ1v) is 12.7. The van der Waals surface area contributed by atoms with Crippen LogP contribution in [0.2, 0.25) is 0 Å². The molecular formula is C28H35FOS. The molecule has 0 aliphatic heterocycles. The van der Waals surface area contributed by atoms with Crippen LogP contribution in [-0.2, 0) is 6.42 Å². The maximum atomic E-state index is 15.1. The first-order chi connectivity index (χ1) is 15.1. The van der Waals surface area contributed by atoms with Crippen LogP contribution in [0.5, 0.6) is 0 Å². The van der Waals surface area contributed by atoms with Gasteiger partial charge in [0, 0.05) is 10.8 Å². The van der Waals surface area contributed by atoms with Crippen molar-refractivity contribution in [3.63, 3.8) is 0 Å². The second-order valence-corrected chi connectivity index (χ2v) is 9.80. The van der Waals surface area contributed by atoms with Gasteiger partial charge >= 0.3 is 0 Å². The Morgan fingerprint density at radius 2 is 1.65 bits per heavy atom. The van der Waals surface area contributed by atoms with E-state index in [1.165, 1.54) is 56.9 Å². The van der Waals surface area contributed by atoms with E-state index >= 15 is 4.39 Å². The highest BCUT2D eigenvalue weighted by Gasteiger charge is 2.23. The summed E-state index contributed by atoms with van der Waals surface area (Å²) in [7, 11) is 0. The lowest BCUT2D eigenvalue weighted by Crippen LogP contribution is -2.13. The van der Waals surface area contributed by atoms with Crippen LogP contribution in [0.1, 0.15) is 95.1 Å². The summed E-state index contributed by atoms with van der Waals surface area (Å²) < 4.78 is 21.4. The minimum Gasteiger partial charge on any atom is -0.441 e. The van der Waals surface area contributed by atoms with Crippen molar-refractivity contribution in [2.45, 2.75) is 90.4 Å². The van der Waals surface area contributed by atoms with Crippen LogP contribution in [0.3, 0.4) is 0 Å². The Morgan fingerprint density at radius 3 is 2.39 bits per heavy atom. The number of hydrogen-bond donors (Lipinski definition) is 0. The zero-order valence-corrected chi connectivity index (χ0v) is 19.8.